The fourth-order valence-corrected chi connectivity index (χ4v) is 2.33. The van der Waals surface area contributed by atoms with Gasteiger partial charge in [-0.05, 0) is 41.0 Å². The number of pyridine rings is 1. The second kappa shape index (κ2) is 4.78. The van der Waals surface area contributed by atoms with Crippen LogP contribution in [-0.2, 0) is 6.54 Å². The molecule has 0 aliphatic carbocycles. The van der Waals surface area contributed by atoms with Crippen molar-refractivity contribution in [2.24, 2.45) is 5.73 Å². The molecule has 0 saturated carbocycles. The van der Waals surface area contributed by atoms with E-state index in [1.54, 1.807) is 12.3 Å². The smallest absolute Gasteiger partial charge is 0.123 e. The number of fused-ring (bicyclic) bond motifs is 1. The molecule has 2 aromatic carbocycles. The largest absolute Gasteiger partial charge is 0.326 e. The van der Waals surface area contributed by atoms with Gasteiger partial charge in [0.2, 0.25) is 0 Å². The van der Waals surface area contributed by atoms with Crippen molar-refractivity contribution in [1.82, 2.24) is 4.98 Å². The Kier molecular flexibility index (Phi) is 2.97. The molecule has 2 nitrogen and oxygen atoms in total. The SMILES string of the molecule is NCc1cc(F)ccc1-c1cccc2ncccc12. The van der Waals surface area contributed by atoms with Crippen LogP contribution in [0.1, 0.15) is 5.56 Å². The maximum atomic E-state index is 13.3. The van der Waals surface area contributed by atoms with E-state index in [4.69, 9.17) is 5.73 Å². The fraction of sp³-hybridized carbons (Fsp3) is 0.0625. The van der Waals surface area contributed by atoms with Crippen molar-refractivity contribution in [1.29, 1.82) is 0 Å². The number of halogens is 1. The van der Waals surface area contributed by atoms with Crippen molar-refractivity contribution < 1.29 is 4.39 Å². The van der Waals surface area contributed by atoms with E-state index < -0.39 is 0 Å². The fourth-order valence-electron chi connectivity index (χ4n) is 2.33. The standard InChI is InChI=1S/C16H13FN2/c17-12-6-7-13(11(9-12)10-18)14-3-1-5-16-15(14)4-2-8-19-16/h1-9H,10,18H2. The van der Waals surface area contributed by atoms with Crippen LogP contribution in [0.25, 0.3) is 22.0 Å². The molecule has 1 heterocycles. The molecule has 0 saturated heterocycles. The van der Waals surface area contributed by atoms with E-state index in [2.05, 4.69) is 4.98 Å². The van der Waals surface area contributed by atoms with E-state index >= 15 is 0 Å². The van der Waals surface area contributed by atoms with E-state index in [0.29, 0.717) is 6.54 Å². The minimum absolute atomic E-state index is 0.262. The molecule has 0 amide bonds. The predicted octanol–water partition coefficient (Wildman–Crippen LogP) is 3.50. The number of hydrogen-bond donors (Lipinski definition) is 1. The van der Waals surface area contributed by atoms with Crippen LogP contribution in [0.5, 0.6) is 0 Å². The summed E-state index contributed by atoms with van der Waals surface area (Å²) >= 11 is 0. The predicted molar refractivity (Wildman–Crippen MR) is 75.0 cm³/mol. The molecule has 94 valence electrons. The lowest BCUT2D eigenvalue weighted by Crippen LogP contribution is -2.00. The minimum Gasteiger partial charge on any atom is -0.326 e. The molecule has 0 atom stereocenters. The second-order valence-corrected chi connectivity index (χ2v) is 4.38. The van der Waals surface area contributed by atoms with Crippen LogP contribution in [0.4, 0.5) is 4.39 Å². The van der Waals surface area contributed by atoms with Gasteiger partial charge in [0.25, 0.3) is 0 Å². The number of aromatic nitrogens is 1. The van der Waals surface area contributed by atoms with E-state index in [9.17, 15) is 4.39 Å². The molecule has 2 N–H and O–H groups in total. The van der Waals surface area contributed by atoms with Crippen LogP contribution in [0, 0.1) is 5.82 Å². The van der Waals surface area contributed by atoms with Crippen LogP contribution in [0.2, 0.25) is 0 Å². The molecule has 3 aromatic rings. The topological polar surface area (TPSA) is 38.9 Å². The third kappa shape index (κ3) is 2.09. The first-order valence-electron chi connectivity index (χ1n) is 6.12. The molecular weight excluding hydrogens is 239 g/mol. The molecule has 0 fully saturated rings. The second-order valence-electron chi connectivity index (χ2n) is 4.38. The Morgan fingerprint density at radius 3 is 2.74 bits per heavy atom. The van der Waals surface area contributed by atoms with Crippen molar-refractivity contribution in [3.05, 3.63) is 66.1 Å². The summed E-state index contributed by atoms with van der Waals surface area (Å²) < 4.78 is 13.3. The molecule has 1 aromatic heterocycles. The Morgan fingerprint density at radius 1 is 1.00 bits per heavy atom. The van der Waals surface area contributed by atoms with Gasteiger partial charge >= 0.3 is 0 Å². The Bertz CT molecular complexity index is 732. The Labute approximate surface area is 110 Å². The highest BCUT2D eigenvalue weighted by Crippen LogP contribution is 2.30. The zero-order valence-electron chi connectivity index (χ0n) is 10.3. The third-order valence-electron chi connectivity index (χ3n) is 3.22. The van der Waals surface area contributed by atoms with Gasteiger partial charge in [-0.1, -0.05) is 24.3 Å². The number of nitrogens with zero attached hydrogens (tertiary/aromatic N) is 1. The van der Waals surface area contributed by atoms with Gasteiger partial charge in [0.1, 0.15) is 5.82 Å². The van der Waals surface area contributed by atoms with Crippen LogP contribution in [0.3, 0.4) is 0 Å². The van der Waals surface area contributed by atoms with Gasteiger partial charge in [-0.2, -0.15) is 0 Å². The van der Waals surface area contributed by atoms with Crippen LogP contribution < -0.4 is 5.73 Å². The van der Waals surface area contributed by atoms with E-state index in [-0.39, 0.29) is 5.82 Å². The van der Waals surface area contributed by atoms with Crippen molar-refractivity contribution in [3.8, 4) is 11.1 Å². The molecule has 0 unspecified atom stereocenters. The lowest BCUT2D eigenvalue weighted by Gasteiger charge is -2.10. The summed E-state index contributed by atoms with van der Waals surface area (Å²) in [5, 5.41) is 1.05. The van der Waals surface area contributed by atoms with Crippen LogP contribution >= 0.6 is 0 Å². The van der Waals surface area contributed by atoms with Gasteiger partial charge in [-0.25, -0.2) is 4.39 Å². The maximum Gasteiger partial charge on any atom is 0.123 e. The summed E-state index contributed by atoms with van der Waals surface area (Å²) in [5.74, 6) is -0.262. The van der Waals surface area contributed by atoms with Gasteiger partial charge in [0, 0.05) is 18.1 Å². The molecule has 0 aliphatic rings. The zero-order chi connectivity index (χ0) is 13.2. The summed E-state index contributed by atoms with van der Waals surface area (Å²) in [6, 6.07) is 14.6. The zero-order valence-corrected chi connectivity index (χ0v) is 10.3. The summed E-state index contributed by atoms with van der Waals surface area (Å²) in [6.07, 6.45) is 1.76. The lowest BCUT2D eigenvalue weighted by molar-refractivity contribution is 0.625. The number of rotatable bonds is 2. The molecule has 0 radical (unpaired) electrons. The molecule has 3 heteroatoms. The molecular formula is C16H13FN2. The normalized spacial score (nSPS) is 10.8. The highest BCUT2D eigenvalue weighted by Gasteiger charge is 2.08. The molecule has 0 bridgehead atoms. The number of benzene rings is 2. The minimum atomic E-state index is -0.262. The van der Waals surface area contributed by atoms with Gasteiger partial charge in [-0.3, -0.25) is 4.98 Å². The summed E-state index contributed by atoms with van der Waals surface area (Å²) in [7, 11) is 0. The maximum absolute atomic E-state index is 13.3. The van der Waals surface area contributed by atoms with E-state index in [1.807, 2.05) is 30.3 Å². The average Bonchev–Trinajstić information content (AvgIpc) is 2.46. The van der Waals surface area contributed by atoms with Gasteiger partial charge in [0.15, 0.2) is 0 Å². The highest BCUT2D eigenvalue weighted by molar-refractivity contribution is 5.95. The first-order chi connectivity index (χ1) is 9.29. The first-order valence-corrected chi connectivity index (χ1v) is 6.12. The Balaban J connectivity index is 2.30. The van der Waals surface area contributed by atoms with Crippen molar-refractivity contribution in [2.75, 3.05) is 0 Å². The Hall–Kier alpha value is -2.26. The van der Waals surface area contributed by atoms with Crippen molar-refractivity contribution in [3.63, 3.8) is 0 Å². The molecule has 0 spiro atoms. The van der Waals surface area contributed by atoms with Gasteiger partial charge in [0.05, 0.1) is 5.52 Å². The summed E-state index contributed by atoms with van der Waals surface area (Å²) in [4.78, 5) is 4.34. The summed E-state index contributed by atoms with van der Waals surface area (Å²) in [6.45, 7) is 0.309. The van der Waals surface area contributed by atoms with Crippen LogP contribution in [-0.4, -0.2) is 4.98 Å². The van der Waals surface area contributed by atoms with Crippen molar-refractivity contribution >= 4 is 10.9 Å². The van der Waals surface area contributed by atoms with Crippen LogP contribution in [0.15, 0.2) is 54.7 Å². The molecule has 3 rings (SSSR count). The monoisotopic (exact) mass is 252 g/mol. The summed E-state index contributed by atoms with van der Waals surface area (Å²) in [5.41, 5.74) is 9.44. The Morgan fingerprint density at radius 2 is 1.89 bits per heavy atom. The van der Waals surface area contributed by atoms with Gasteiger partial charge in [-0.15, -0.1) is 0 Å². The number of nitrogens with two attached hydrogens (primary N) is 1. The number of hydrogen-bond acceptors (Lipinski definition) is 2. The van der Waals surface area contributed by atoms with E-state index in [1.165, 1.54) is 12.1 Å². The quantitative estimate of drug-likeness (QED) is 0.758. The molecule has 19 heavy (non-hydrogen) atoms. The third-order valence-corrected chi connectivity index (χ3v) is 3.22. The average molecular weight is 252 g/mol. The first kappa shape index (κ1) is 11.8. The molecule has 0 aliphatic heterocycles. The highest BCUT2D eigenvalue weighted by atomic mass is 19.1. The lowest BCUT2D eigenvalue weighted by atomic mass is 9.96. The van der Waals surface area contributed by atoms with E-state index in [0.717, 1.165) is 27.6 Å². The van der Waals surface area contributed by atoms with Crippen molar-refractivity contribution in [2.45, 2.75) is 6.54 Å². The van der Waals surface area contributed by atoms with Gasteiger partial charge < -0.3 is 5.73 Å².